The van der Waals surface area contributed by atoms with Crippen molar-refractivity contribution in [2.75, 3.05) is 24.2 Å². The maximum atomic E-state index is 12.2. The first-order valence-electron chi connectivity index (χ1n) is 9.73. The van der Waals surface area contributed by atoms with Crippen LogP contribution in [0.25, 0.3) is 10.9 Å². The van der Waals surface area contributed by atoms with Crippen molar-refractivity contribution in [3.05, 3.63) is 58.7 Å². The van der Waals surface area contributed by atoms with E-state index in [1.165, 1.54) is 6.20 Å². The number of nitrogens with one attached hydrogen (secondary N) is 2. The Morgan fingerprint density at radius 3 is 2.74 bits per heavy atom. The Kier molecular flexibility index (Phi) is 7.25. The highest BCUT2D eigenvalue weighted by Gasteiger charge is 2.11. The van der Waals surface area contributed by atoms with Gasteiger partial charge in [0.15, 0.2) is 0 Å². The number of carbonyl (C=O) groups excluding carboxylic acids is 1. The van der Waals surface area contributed by atoms with Gasteiger partial charge in [0, 0.05) is 33.5 Å². The molecule has 156 valence electrons. The van der Waals surface area contributed by atoms with Gasteiger partial charge < -0.3 is 10.6 Å². The van der Waals surface area contributed by atoms with Gasteiger partial charge in [0.05, 0.1) is 23.3 Å². The number of benzene rings is 2. The number of anilines is 3. The predicted molar refractivity (Wildman–Crippen MR) is 128 cm³/mol. The van der Waals surface area contributed by atoms with Gasteiger partial charge in [-0.05, 0) is 63.2 Å². The van der Waals surface area contributed by atoms with E-state index in [1.54, 1.807) is 18.2 Å². The van der Waals surface area contributed by atoms with Crippen LogP contribution in [0.4, 0.5) is 17.1 Å². The molecule has 0 atom stereocenters. The molecular weight excluding hydrogens is 454 g/mol. The molecule has 0 saturated carbocycles. The number of pyridine rings is 1. The summed E-state index contributed by atoms with van der Waals surface area (Å²) < 4.78 is 0.920. The molecule has 0 aliphatic rings. The van der Waals surface area contributed by atoms with Gasteiger partial charge in [-0.25, -0.2) is 0 Å². The Hall–Kier alpha value is -3.39. The zero-order chi connectivity index (χ0) is 22.4. The van der Waals surface area contributed by atoms with Crippen molar-refractivity contribution in [2.24, 2.45) is 0 Å². The van der Waals surface area contributed by atoms with Crippen molar-refractivity contribution in [2.45, 2.75) is 19.9 Å². The highest BCUT2D eigenvalue weighted by molar-refractivity contribution is 9.10. The zero-order valence-electron chi connectivity index (χ0n) is 17.5. The summed E-state index contributed by atoms with van der Waals surface area (Å²) >= 11 is 3.46. The summed E-state index contributed by atoms with van der Waals surface area (Å²) in [4.78, 5) is 18.7. The van der Waals surface area contributed by atoms with Crippen LogP contribution in [0.5, 0.6) is 0 Å². The van der Waals surface area contributed by atoms with Crippen molar-refractivity contribution in [1.82, 2.24) is 9.88 Å². The van der Waals surface area contributed by atoms with E-state index in [1.807, 2.05) is 36.2 Å². The highest BCUT2D eigenvalue weighted by Crippen LogP contribution is 2.31. The fourth-order valence-corrected chi connectivity index (χ4v) is 3.19. The molecule has 0 bridgehead atoms. The first-order chi connectivity index (χ1) is 14.9. The van der Waals surface area contributed by atoms with Gasteiger partial charge >= 0.3 is 0 Å². The van der Waals surface area contributed by atoms with Gasteiger partial charge in [-0.2, -0.15) is 5.26 Å². The van der Waals surface area contributed by atoms with Gasteiger partial charge in [0.1, 0.15) is 6.07 Å². The van der Waals surface area contributed by atoms with Gasteiger partial charge in [-0.3, -0.25) is 14.7 Å². The van der Waals surface area contributed by atoms with Crippen molar-refractivity contribution in [1.29, 1.82) is 5.26 Å². The fraction of sp³-hybridized carbons (Fsp3) is 0.208. The number of halogens is 1. The Morgan fingerprint density at radius 1 is 1.23 bits per heavy atom. The number of nitriles is 1. The summed E-state index contributed by atoms with van der Waals surface area (Å²) in [7, 11) is 1.96. The monoisotopic (exact) mass is 475 g/mol. The van der Waals surface area contributed by atoms with Crippen molar-refractivity contribution in [3.8, 4) is 17.9 Å². The number of carbonyl (C=O) groups is 1. The molecule has 0 unspecified atom stereocenters. The van der Waals surface area contributed by atoms with Crippen LogP contribution in [0, 0.1) is 23.2 Å². The third-order valence-electron chi connectivity index (χ3n) is 4.75. The SMILES string of the molecule is CC(C)N(C)CC#CC(=O)Nc1ccc2ncc(C#N)c(Nc3cccc(Br)c3)c2c1. The molecule has 2 N–H and O–H groups in total. The van der Waals surface area contributed by atoms with Crippen LogP contribution in [-0.4, -0.2) is 35.4 Å². The molecular formula is C24H22BrN5O. The van der Waals surface area contributed by atoms with E-state index in [0.29, 0.717) is 35.0 Å². The lowest BCUT2D eigenvalue weighted by atomic mass is 10.1. The van der Waals surface area contributed by atoms with E-state index in [2.05, 4.69) is 63.3 Å². The van der Waals surface area contributed by atoms with Crippen molar-refractivity contribution < 1.29 is 4.79 Å². The average molecular weight is 476 g/mol. The lowest BCUT2D eigenvalue weighted by Gasteiger charge is -2.17. The molecule has 0 aliphatic carbocycles. The molecule has 0 radical (unpaired) electrons. The molecule has 3 rings (SSSR count). The van der Waals surface area contributed by atoms with Crippen LogP contribution in [-0.2, 0) is 4.79 Å². The second-order valence-electron chi connectivity index (χ2n) is 7.29. The smallest absolute Gasteiger partial charge is 0.300 e. The van der Waals surface area contributed by atoms with Gasteiger partial charge in [-0.15, -0.1) is 0 Å². The molecule has 3 aromatic rings. The second-order valence-corrected chi connectivity index (χ2v) is 8.21. The summed E-state index contributed by atoms with van der Waals surface area (Å²) in [5, 5.41) is 16.4. The summed E-state index contributed by atoms with van der Waals surface area (Å²) in [6.07, 6.45) is 1.54. The molecule has 1 amide bonds. The summed E-state index contributed by atoms with van der Waals surface area (Å²) in [5.41, 5.74) is 3.16. The second kappa shape index (κ2) is 10.1. The molecule has 31 heavy (non-hydrogen) atoms. The van der Waals surface area contributed by atoms with Gasteiger partial charge in [0.25, 0.3) is 5.91 Å². The Morgan fingerprint density at radius 2 is 2.03 bits per heavy atom. The Balaban J connectivity index is 1.89. The lowest BCUT2D eigenvalue weighted by Crippen LogP contribution is -2.26. The predicted octanol–water partition coefficient (Wildman–Crippen LogP) is 4.89. The Bertz CT molecular complexity index is 1220. The number of nitrogens with zero attached hydrogens (tertiary/aromatic N) is 3. The van der Waals surface area contributed by atoms with Crippen LogP contribution in [0.2, 0.25) is 0 Å². The summed E-state index contributed by atoms with van der Waals surface area (Å²) in [6.45, 7) is 4.65. The summed E-state index contributed by atoms with van der Waals surface area (Å²) in [5.74, 6) is 5.11. The highest BCUT2D eigenvalue weighted by atomic mass is 79.9. The molecule has 0 fully saturated rings. The molecule has 7 heteroatoms. The minimum absolute atomic E-state index is 0.357. The number of hydrogen-bond acceptors (Lipinski definition) is 5. The van der Waals surface area contributed by atoms with Crippen LogP contribution in [0.15, 0.2) is 53.1 Å². The Labute approximate surface area is 190 Å². The largest absolute Gasteiger partial charge is 0.354 e. The molecule has 6 nitrogen and oxygen atoms in total. The molecule has 0 aliphatic heterocycles. The number of aromatic nitrogens is 1. The maximum absolute atomic E-state index is 12.2. The number of hydrogen-bond donors (Lipinski definition) is 2. The van der Waals surface area contributed by atoms with E-state index >= 15 is 0 Å². The minimum Gasteiger partial charge on any atom is -0.354 e. The van der Waals surface area contributed by atoms with E-state index in [9.17, 15) is 10.1 Å². The maximum Gasteiger partial charge on any atom is 0.300 e. The number of amides is 1. The van der Waals surface area contributed by atoms with E-state index in [-0.39, 0.29) is 5.91 Å². The standard InChI is InChI=1S/C24H22BrN5O/c1-16(2)30(3)11-5-8-23(31)28-20-9-10-22-21(13-20)24(17(14-26)15-27-22)29-19-7-4-6-18(25)12-19/h4,6-7,9-10,12-13,15-16H,11H2,1-3H3,(H,27,29)(H,28,31). The quantitative estimate of drug-likeness (QED) is 0.513. The van der Waals surface area contributed by atoms with Gasteiger partial charge in [-0.1, -0.05) is 27.9 Å². The minimum atomic E-state index is -0.387. The van der Waals surface area contributed by atoms with Crippen LogP contribution >= 0.6 is 15.9 Å². The summed E-state index contributed by atoms with van der Waals surface area (Å²) in [6, 6.07) is 15.6. The van der Waals surface area contributed by atoms with Crippen molar-refractivity contribution >= 4 is 49.8 Å². The average Bonchev–Trinajstić information content (AvgIpc) is 2.74. The molecule has 0 spiro atoms. The topological polar surface area (TPSA) is 81.1 Å². The van der Waals surface area contributed by atoms with Gasteiger partial charge in [0.2, 0.25) is 0 Å². The third kappa shape index (κ3) is 5.82. The van der Waals surface area contributed by atoms with E-state index in [0.717, 1.165) is 15.5 Å². The first-order valence-corrected chi connectivity index (χ1v) is 10.5. The van der Waals surface area contributed by atoms with Crippen LogP contribution in [0.1, 0.15) is 19.4 Å². The molecule has 0 saturated heterocycles. The zero-order valence-corrected chi connectivity index (χ0v) is 19.1. The van der Waals surface area contributed by atoms with Crippen LogP contribution in [0.3, 0.4) is 0 Å². The normalized spacial score (nSPS) is 10.5. The van der Waals surface area contributed by atoms with E-state index < -0.39 is 0 Å². The van der Waals surface area contributed by atoms with Crippen LogP contribution < -0.4 is 10.6 Å². The van der Waals surface area contributed by atoms with Crippen molar-refractivity contribution in [3.63, 3.8) is 0 Å². The molecule has 2 aromatic carbocycles. The third-order valence-corrected chi connectivity index (χ3v) is 5.25. The van der Waals surface area contributed by atoms with E-state index in [4.69, 9.17) is 0 Å². The first kappa shape index (κ1) is 22.3. The lowest BCUT2D eigenvalue weighted by molar-refractivity contribution is -0.111. The fourth-order valence-electron chi connectivity index (χ4n) is 2.79. The molecule has 1 heterocycles. The number of rotatable bonds is 5. The molecule has 1 aromatic heterocycles. The number of fused-ring (bicyclic) bond motifs is 1.